The van der Waals surface area contributed by atoms with E-state index in [1.807, 2.05) is 0 Å². The number of aromatic amines is 1. The summed E-state index contributed by atoms with van der Waals surface area (Å²) >= 11 is 1.75. The minimum atomic E-state index is -0.255. The molecule has 98 valence electrons. The Hall–Kier alpha value is -1.88. The molecule has 0 aliphatic carbocycles. The lowest BCUT2D eigenvalue weighted by molar-refractivity contribution is 0.629. The Morgan fingerprint density at radius 1 is 1.42 bits per heavy atom. The van der Waals surface area contributed by atoms with Crippen LogP contribution in [0.25, 0.3) is 11.0 Å². The van der Waals surface area contributed by atoms with Crippen LogP contribution in [-0.2, 0) is 6.42 Å². The van der Waals surface area contributed by atoms with Crippen LogP contribution in [0.4, 0.5) is 10.3 Å². The molecule has 1 aromatic carbocycles. The number of anilines is 1. The van der Waals surface area contributed by atoms with Crippen LogP contribution in [0.2, 0.25) is 0 Å². The number of H-pyrrole nitrogens is 1. The molecule has 0 aliphatic heterocycles. The Morgan fingerprint density at radius 2 is 2.32 bits per heavy atom. The SMILES string of the molecule is CC(Cc1cccs1)Nc1nc2ccc(F)cc2[nH]1. The summed E-state index contributed by atoms with van der Waals surface area (Å²) in [6, 6.07) is 8.99. The summed E-state index contributed by atoms with van der Waals surface area (Å²) in [6.45, 7) is 2.10. The van der Waals surface area contributed by atoms with Crippen LogP contribution in [0, 0.1) is 5.82 Å². The zero-order valence-electron chi connectivity index (χ0n) is 10.5. The van der Waals surface area contributed by atoms with Crippen LogP contribution in [-0.4, -0.2) is 16.0 Å². The number of fused-ring (bicyclic) bond motifs is 1. The highest BCUT2D eigenvalue weighted by molar-refractivity contribution is 7.09. The lowest BCUT2D eigenvalue weighted by Gasteiger charge is -2.11. The van der Waals surface area contributed by atoms with Crippen LogP contribution in [0.15, 0.2) is 35.7 Å². The van der Waals surface area contributed by atoms with Gasteiger partial charge in [-0.1, -0.05) is 6.07 Å². The van der Waals surface area contributed by atoms with E-state index in [9.17, 15) is 4.39 Å². The average molecular weight is 275 g/mol. The molecule has 0 saturated heterocycles. The average Bonchev–Trinajstić information content (AvgIpc) is 2.97. The molecule has 3 aromatic rings. The maximum absolute atomic E-state index is 13.1. The summed E-state index contributed by atoms with van der Waals surface area (Å²) in [5.74, 6) is 0.430. The van der Waals surface area contributed by atoms with Gasteiger partial charge in [0.05, 0.1) is 11.0 Å². The summed E-state index contributed by atoms with van der Waals surface area (Å²) in [6.07, 6.45) is 0.947. The third-order valence-corrected chi connectivity index (χ3v) is 3.81. The van der Waals surface area contributed by atoms with E-state index < -0.39 is 0 Å². The van der Waals surface area contributed by atoms with Crippen LogP contribution < -0.4 is 5.32 Å². The molecule has 0 amide bonds. The molecule has 0 radical (unpaired) electrons. The predicted octanol–water partition coefficient (Wildman–Crippen LogP) is 3.81. The Labute approximate surface area is 114 Å². The van der Waals surface area contributed by atoms with Gasteiger partial charge in [0, 0.05) is 17.3 Å². The summed E-state index contributed by atoms with van der Waals surface area (Å²) < 4.78 is 13.1. The van der Waals surface area contributed by atoms with E-state index in [1.165, 1.54) is 17.0 Å². The zero-order valence-corrected chi connectivity index (χ0v) is 11.3. The van der Waals surface area contributed by atoms with E-state index in [4.69, 9.17) is 0 Å². The molecule has 0 spiro atoms. The number of aromatic nitrogens is 2. The molecule has 0 saturated carbocycles. The lowest BCUT2D eigenvalue weighted by Crippen LogP contribution is -2.18. The molecule has 5 heteroatoms. The number of benzene rings is 1. The molecule has 19 heavy (non-hydrogen) atoms. The molecule has 2 heterocycles. The summed E-state index contributed by atoms with van der Waals surface area (Å²) in [5.41, 5.74) is 1.48. The van der Waals surface area contributed by atoms with Gasteiger partial charge in [-0.15, -0.1) is 11.3 Å². The van der Waals surface area contributed by atoms with Crippen LogP contribution in [0.3, 0.4) is 0 Å². The Kier molecular flexibility index (Phi) is 3.21. The topological polar surface area (TPSA) is 40.7 Å². The number of halogens is 1. The van der Waals surface area contributed by atoms with Crippen molar-refractivity contribution in [3.63, 3.8) is 0 Å². The van der Waals surface area contributed by atoms with Crippen molar-refractivity contribution in [2.45, 2.75) is 19.4 Å². The number of nitrogens with zero attached hydrogens (tertiary/aromatic N) is 1. The summed E-state index contributed by atoms with van der Waals surface area (Å²) in [4.78, 5) is 8.82. The Morgan fingerprint density at radius 3 is 3.11 bits per heavy atom. The van der Waals surface area contributed by atoms with Crippen molar-refractivity contribution >= 4 is 28.3 Å². The first kappa shape index (κ1) is 12.2. The van der Waals surface area contributed by atoms with Gasteiger partial charge in [0.2, 0.25) is 5.95 Å². The smallest absolute Gasteiger partial charge is 0.201 e. The van der Waals surface area contributed by atoms with E-state index >= 15 is 0 Å². The minimum Gasteiger partial charge on any atom is -0.353 e. The first-order valence-electron chi connectivity index (χ1n) is 6.15. The lowest BCUT2D eigenvalue weighted by atomic mass is 10.2. The minimum absolute atomic E-state index is 0.255. The van der Waals surface area contributed by atoms with Crippen molar-refractivity contribution in [2.75, 3.05) is 5.32 Å². The fourth-order valence-electron chi connectivity index (χ4n) is 2.07. The number of rotatable bonds is 4. The predicted molar refractivity (Wildman–Crippen MR) is 77.2 cm³/mol. The van der Waals surface area contributed by atoms with Gasteiger partial charge in [-0.05, 0) is 36.6 Å². The number of imidazole rings is 1. The molecule has 2 N–H and O–H groups in total. The van der Waals surface area contributed by atoms with Crippen molar-refractivity contribution in [3.05, 3.63) is 46.4 Å². The van der Waals surface area contributed by atoms with E-state index in [1.54, 1.807) is 17.4 Å². The van der Waals surface area contributed by atoms with Gasteiger partial charge in [-0.25, -0.2) is 9.37 Å². The number of hydrogen-bond donors (Lipinski definition) is 2. The van der Waals surface area contributed by atoms with Gasteiger partial charge in [0.1, 0.15) is 5.82 Å². The highest BCUT2D eigenvalue weighted by atomic mass is 32.1. The van der Waals surface area contributed by atoms with Gasteiger partial charge in [-0.3, -0.25) is 0 Å². The molecule has 2 aromatic heterocycles. The molecule has 1 atom stereocenters. The second-order valence-corrected chi connectivity index (χ2v) is 5.61. The van der Waals surface area contributed by atoms with Crippen LogP contribution >= 0.6 is 11.3 Å². The second-order valence-electron chi connectivity index (χ2n) is 4.58. The highest BCUT2D eigenvalue weighted by Gasteiger charge is 2.08. The third-order valence-electron chi connectivity index (χ3n) is 2.91. The fourth-order valence-corrected chi connectivity index (χ4v) is 2.90. The van der Waals surface area contributed by atoms with Crippen molar-refractivity contribution in [1.29, 1.82) is 0 Å². The van der Waals surface area contributed by atoms with Gasteiger partial charge in [0.15, 0.2) is 0 Å². The van der Waals surface area contributed by atoms with Crippen molar-refractivity contribution in [3.8, 4) is 0 Å². The van der Waals surface area contributed by atoms with Crippen molar-refractivity contribution in [2.24, 2.45) is 0 Å². The number of thiophene rings is 1. The van der Waals surface area contributed by atoms with Gasteiger partial charge >= 0.3 is 0 Å². The molecular formula is C14H14FN3S. The largest absolute Gasteiger partial charge is 0.353 e. The molecule has 0 aliphatic rings. The summed E-state index contributed by atoms with van der Waals surface area (Å²) in [5, 5.41) is 5.38. The van der Waals surface area contributed by atoms with E-state index in [2.05, 4.69) is 39.7 Å². The van der Waals surface area contributed by atoms with Crippen molar-refractivity contribution < 1.29 is 4.39 Å². The van der Waals surface area contributed by atoms with Gasteiger partial charge in [-0.2, -0.15) is 0 Å². The van der Waals surface area contributed by atoms with E-state index in [0.717, 1.165) is 11.9 Å². The Bertz CT molecular complexity index is 675. The second kappa shape index (κ2) is 5.01. The maximum atomic E-state index is 13.1. The zero-order chi connectivity index (χ0) is 13.2. The standard InChI is InChI=1S/C14H14FN3S/c1-9(7-11-3-2-6-19-11)16-14-17-12-5-4-10(15)8-13(12)18-14/h2-6,8-9H,7H2,1H3,(H2,16,17,18). The maximum Gasteiger partial charge on any atom is 0.201 e. The quantitative estimate of drug-likeness (QED) is 0.760. The third kappa shape index (κ3) is 2.76. The van der Waals surface area contributed by atoms with Crippen LogP contribution in [0.5, 0.6) is 0 Å². The number of hydrogen-bond acceptors (Lipinski definition) is 3. The fraction of sp³-hybridized carbons (Fsp3) is 0.214. The molecular weight excluding hydrogens is 261 g/mol. The molecule has 3 nitrogen and oxygen atoms in total. The van der Waals surface area contributed by atoms with Gasteiger partial charge in [0.25, 0.3) is 0 Å². The molecule has 0 fully saturated rings. The molecule has 3 rings (SSSR count). The first-order valence-corrected chi connectivity index (χ1v) is 7.03. The Balaban J connectivity index is 1.74. The summed E-state index contributed by atoms with van der Waals surface area (Å²) in [7, 11) is 0. The van der Waals surface area contributed by atoms with Crippen LogP contribution in [0.1, 0.15) is 11.8 Å². The monoisotopic (exact) mass is 275 g/mol. The van der Waals surface area contributed by atoms with E-state index in [-0.39, 0.29) is 11.9 Å². The molecule has 0 bridgehead atoms. The first-order chi connectivity index (χ1) is 9.20. The highest BCUT2D eigenvalue weighted by Crippen LogP contribution is 2.17. The van der Waals surface area contributed by atoms with E-state index in [0.29, 0.717) is 11.5 Å². The normalized spacial score (nSPS) is 12.7. The van der Waals surface area contributed by atoms with Crippen molar-refractivity contribution in [1.82, 2.24) is 9.97 Å². The number of nitrogens with one attached hydrogen (secondary N) is 2. The van der Waals surface area contributed by atoms with Gasteiger partial charge < -0.3 is 10.3 Å². The molecule has 1 unspecified atom stereocenters.